The summed E-state index contributed by atoms with van der Waals surface area (Å²) in [6.07, 6.45) is 1.84. The second-order valence-corrected chi connectivity index (χ2v) is 4.98. The van der Waals surface area contributed by atoms with Crippen molar-refractivity contribution in [1.29, 1.82) is 0 Å². The fraction of sp³-hybridized carbons (Fsp3) is 0.455. The van der Waals surface area contributed by atoms with Gasteiger partial charge in [-0.2, -0.15) is 0 Å². The maximum absolute atomic E-state index is 9.28. The topological polar surface area (TPSA) is 20.2 Å². The predicted octanol–water partition coefficient (Wildman–Crippen LogP) is 2.47. The lowest BCUT2D eigenvalue weighted by atomic mass is 10.1. The summed E-state index contributed by atoms with van der Waals surface area (Å²) in [5.74, 6) is 0. The molecule has 1 aromatic carbocycles. The van der Waals surface area contributed by atoms with Crippen LogP contribution in [0.5, 0.6) is 0 Å². The summed E-state index contributed by atoms with van der Waals surface area (Å²) in [6.45, 7) is 1.86. The van der Waals surface area contributed by atoms with Gasteiger partial charge >= 0.3 is 0 Å². The number of rotatable bonds is 2. The standard InChI is InChI=1S/C11H14OS/c1-8(12)6-10-7-9-4-2-3-5-11(9)13-10/h2-5,8,10,12H,6-7H2,1H3. The Morgan fingerprint density at radius 2 is 2.31 bits per heavy atom. The van der Waals surface area contributed by atoms with Gasteiger partial charge in [-0.15, -0.1) is 11.8 Å². The second-order valence-electron chi connectivity index (χ2n) is 3.64. The van der Waals surface area contributed by atoms with Gasteiger partial charge in [-0.05, 0) is 31.4 Å². The molecular formula is C11H14OS. The maximum atomic E-state index is 9.28. The second kappa shape index (κ2) is 3.72. The molecule has 0 saturated carbocycles. The fourth-order valence-corrected chi connectivity index (χ4v) is 3.22. The van der Waals surface area contributed by atoms with Crippen molar-refractivity contribution in [2.75, 3.05) is 0 Å². The number of hydrogen-bond acceptors (Lipinski definition) is 2. The zero-order chi connectivity index (χ0) is 9.26. The Morgan fingerprint density at radius 1 is 1.54 bits per heavy atom. The Morgan fingerprint density at radius 3 is 3.00 bits per heavy atom. The number of thioether (sulfide) groups is 1. The van der Waals surface area contributed by atoms with Gasteiger partial charge in [0, 0.05) is 10.1 Å². The van der Waals surface area contributed by atoms with E-state index in [2.05, 4.69) is 24.3 Å². The van der Waals surface area contributed by atoms with Crippen LogP contribution in [0.3, 0.4) is 0 Å². The van der Waals surface area contributed by atoms with E-state index in [1.165, 1.54) is 10.5 Å². The zero-order valence-electron chi connectivity index (χ0n) is 7.73. The third kappa shape index (κ3) is 2.06. The highest BCUT2D eigenvalue weighted by atomic mass is 32.2. The van der Waals surface area contributed by atoms with Crippen molar-refractivity contribution in [2.24, 2.45) is 0 Å². The lowest BCUT2D eigenvalue weighted by Crippen LogP contribution is -2.10. The van der Waals surface area contributed by atoms with Crippen molar-refractivity contribution in [2.45, 2.75) is 36.0 Å². The summed E-state index contributed by atoms with van der Waals surface area (Å²) in [5.41, 5.74) is 1.44. The average Bonchev–Trinajstić information content (AvgIpc) is 2.44. The Labute approximate surface area is 83.2 Å². The van der Waals surface area contributed by atoms with Gasteiger partial charge in [-0.25, -0.2) is 0 Å². The van der Waals surface area contributed by atoms with Crippen molar-refractivity contribution >= 4 is 11.8 Å². The number of fused-ring (bicyclic) bond motifs is 1. The number of hydrogen-bond donors (Lipinski definition) is 1. The highest BCUT2D eigenvalue weighted by molar-refractivity contribution is 8.00. The van der Waals surface area contributed by atoms with Crippen LogP contribution < -0.4 is 0 Å². The van der Waals surface area contributed by atoms with Crippen LogP contribution in [0, 0.1) is 0 Å². The minimum atomic E-state index is -0.174. The van der Waals surface area contributed by atoms with Gasteiger partial charge in [-0.3, -0.25) is 0 Å². The quantitative estimate of drug-likeness (QED) is 0.780. The molecule has 0 saturated heterocycles. The summed E-state index contributed by atoms with van der Waals surface area (Å²) in [7, 11) is 0. The molecule has 1 heterocycles. The highest BCUT2D eigenvalue weighted by Crippen LogP contribution is 2.38. The van der Waals surface area contributed by atoms with E-state index in [1.807, 2.05) is 18.7 Å². The molecule has 0 aliphatic carbocycles. The molecule has 2 unspecified atom stereocenters. The molecule has 0 bridgehead atoms. The predicted molar refractivity (Wildman–Crippen MR) is 56.1 cm³/mol. The van der Waals surface area contributed by atoms with Crippen molar-refractivity contribution in [1.82, 2.24) is 0 Å². The van der Waals surface area contributed by atoms with Crippen LogP contribution in [0.4, 0.5) is 0 Å². The third-order valence-corrected chi connectivity index (χ3v) is 3.66. The Bertz CT molecular complexity index is 271. The van der Waals surface area contributed by atoms with Gasteiger partial charge in [0.05, 0.1) is 6.10 Å². The Balaban J connectivity index is 2.05. The summed E-state index contributed by atoms with van der Waals surface area (Å²) < 4.78 is 0. The van der Waals surface area contributed by atoms with Crippen molar-refractivity contribution < 1.29 is 5.11 Å². The lowest BCUT2D eigenvalue weighted by molar-refractivity contribution is 0.184. The van der Waals surface area contributed by atoms with Gasteiger partial charge < -0.3 is 5.11 Å². The molecule has 0 amide bonds. The lowest BCUT2D eigenvalue weighted by Gasteiger charge is -2.09. The highest BCUT2D eigenvalue weighted by Gasteiger charge is 2.22. The van der Waals surface area contributed by atoms with E-state index >= 15 is 0 Å². The zero-order valence-corrected chi connectivity index (χ0v) is 8.55. The van der Waals surface area contributed by atoms with E-state index < -0.39 is 0 Å². The molecule has 0 radical (unpaired) electrons. The minimum absolute atomic E-state index is 0.174. The molecule has 2 atom stereocenters. The number of aliphatic hydroxyl groups is 1. The molecule has 70 valence electrons. The molecule has 2 rings (SSSR count). The Kier molecular flexibility index (Phi) is 2.61. The molecule has 0 fully saturated rings. The monoisotopic (exact) mass is 194 g/mol. The van der Waals surface area contributed by atoms with E-state index in [0.29, 0.717) is 5.25 Å². The van der Waals surface area contributed by atoms with E-state index in [0.717, 1.165) is 12.8 Å². The fourth-order valence-electron chi connectivity index (χ4n) is 1.77. The van der Waals surface area contributed by atoms with Crippen LogP contribution in [-0.4, -0.2) is 16.5 Å². The Hall–Kier alpha value is -0.470. The van der Waals surface area contributed by atoms with Crippen molar-refractivity contribution in [3.63, 3.8) is 0 Å². The van der Waals surface area contributed by atoms with E-state index in [4.69, 9.17) is 0 Å². The van der Waals surface area contributed by atoms with Gasteiger partial charge in [0.2, 0.25) is 0 Å². The molecule has 1 N–H and O–H groups in total. The van der Waals surface area contributed by atoms with E-state index in [1.54, 1.807) is 0 Å². The molecule has 1 aliphatic heterocycles. The van der Waals surface area contributed by atoms with Gasteiger partial charge in [0.25, 0.3) is 0 Å². The average molecular weight is 194 g/mol. The summed E-state index contributed by atoms with van der Waals surface area (Å²) in [6, 6.07) is 8.52. The first-order valence-electron chi connectivity index (χ1n) is 4.68. The normalized spacial score (nSPS) is 22.8. The first kappa shape index (κ1) is 9.10. The van der Waals surface area contributed by atoms with Crippen molar-refractivity contribution in [3.8, 4) is 0 Å². The first-order chi connectivity index (χ1) is 6.25. The molecular weight excluding hydrogens is 180 g/mol. The molecule has 13 heavy (non-hydrogen) atoms. The van der Waals surface area contributed by atoms with Crippen molar-refractivity contribution in [3.05, 3.63) is 29.8 Å². The third-order valence-electron chi connectivity index (χ3n) is 2.32. The molecule has 1 nitrogen and oxygen atoms in total. The van der Waals surface area contributed by atoms with Crippen LogP contribution >= 0.6 is 11.8 Å². The molecule has 1 aromatic rings. The van der Waals surface area contributed by atoms with Crippen LogP contribution in [-0.2, 0) is 6.42 Å². The summed E-state index contributed by atoms with van der Waals surface area (Å²) in [5, 5.41) is 9.86. The van der Waals surface area contributed by atoms with Gasteiger partial charge in [0.15, 0.2) is 0 Å². The van der Waals surface area contributed by atoms with Gasteiger partial charge in [-0.1, -0.05) is 18.2 Å². The van der Waals surface area contributed by atoms with Crippen LogP contribution in [0.2, 0.25) is 0 Å². The van der Waals surface area contributed by atoms with E-state index in [9.17, 15) is 5.11 Å². The molecule has 0 aromatic heterocycles. The van der Waals surface area contributed by atoms with Crippen LogP contribution in [0.25, 0.3) is 0 Å². The molecule has 1 aliphatic rings. The largest absolute Gasteiger partial charge is 0.393 e. The van der Waals surface area contributed by atoms with Crippen LogP contribution in [0.15, 0.2) is 29.2 Å². The maximum Gasteiger partial charge on any atom is 0.0522 e. The molecule has 0 spiro atoms. The minimum Gasteiger partial charge on any atom is -0.393 e. The number of aliphatic hydroxyl groups excluding tert-OH is 1. The first-order valence-corrected chi connectivity index (χ1v) is 5.56. The van der Waals surface area contributed by atoms with Gasteiger partial charge in [0.1, 0.15) is 0 Å². The smallest absolute Gasteiger partial charge is 0.0522 e. The summed E-state index contributed by atoms with van der Waals surface area (Å²) >= 11 is 1.90. The summed E-state index contributed by atoms with van der Waals surface area (Å²) in [4.78, 5) is 1.40. The SMILES string of the molecule is CC(O)CC1Cc2ccccc2S1. The molecule has 2 heteroatoms. The van der Waals surface area contributed by atoms with Crippen LogP contribution in [0.1, 0.15) is 18.9 Å². The van der Waals surface area contributed by atoms with E-state index in [-0.39, 0.29) is 6.10 Å². The number of benzene rings is 1.